The maximum Gasteiger partial charge on any atom is 0.490 e. The van der Waals surface area contributed by atoms with Crippen LogP contribution in [-0.4, -0.2) is 51.7 Å². The first-order valence-electron chi connectivity index (χ1n) is 9.70. The van der Waals surface area contributed by atoms with Gasteiger partial charge in [0.05, 0.1) is 6.04 Å². The van der Waals surface area contributed by atoms with Crippen LogP contribution in [0.4, 0.5) is 31.5 Å². The van der Waals surface area contributed by atoms with Gasteiger partial charge < -0.3 is 10.4 Å². The van der Waals surface area contributed by atoms with Crippen LogP contribution in [0.2, 0.25) is 0 Å². The third-order valence-corrected chi connectivity index (χ3v) is 5.23. The molecule has 3 N–H and O–H groups in total. The average molecular weight is 504 g/mol. The number of halogens is 6. The molecule has 1 aliphatic rings. The standard InChI is InChI=1S/C16H21F3N4O2S.C2HF3O2/c1-2-10(9-12(24)11-5-3-4-8-20-11)6-7-13(25)21-15-23-22-14(26-15)16(17,18)19;3-2(4,5)1(6)7/h6-7,10-11,20H,2-5,8-9H2,1H3,(H,21,23,25);(H,6,7)/b7-6+;/t10-,11-;/m0./s1. The Morgan fingerprint density at radius 1 is 1.21 bits per heavy atom. The number of carboxylic acids is 1. The van der Waals surface area contributed by atoms with E-state index in [0.29, 0.717) is 12.8 Å². The number of aromatic nitrogens is 2. The SMILES string of the molecule is CC[C@@H](/C=C/C(=O)Nc1nnc(C(F)(F)F)s1)CC(=O)[C@@H]1CCCCN1.O=C(O)C(F)(F)F. The fourth-order valence-electron chi connectivity index (χ4n) is 2.63. The molecule has 0 unspecified atom stereocenters. The van der Waals surface area contributed by atoms with Gasteiger partial charge in [0.2, 0.25) is 16.0 Å². The number of ketones is 1. The number of allylic oxidation sites excluding steroid dienone is 1. The van der Waals surface area contributed by atoms with Crippen molar-refractivity contribution in [2.75, 3.05) is 11.9 Å². The van der Waals surface area contributed by atoms with E-state index in [1.54, 1.807) is 6.08 Å². The van der Waals surface area contributed by atoms with Crippen molar-refractivity contribution in [2.45, 2.75) is 57.4 Å². The van der Waals surface area contributed by atoms with E-state index >= 15 is 0 Å². The van der Waals surface area contributed by atoms with Gasteiger partial charge in [-0.1, -0.05) is 30.8 Å². The molecule has 1 fully saturated rings. The fourth-order valence-corrected chi connectivity index (χ4v) is 3.25. The summed E-state index contributed by atoms with van der Waals surface area (Å²) in [6.45, 7) is 2.75. The third-order valence-electron chi connectivity index (χ3n) is 4.35. The van der Waals surface area contributed by atoms with Crippen LogP contribution in [0.25, 0.3) is 0 Å². The van der Waals surface area contributed by atoms with Crippen molar-refractivity contribution in [1.29, 1.82) is 0 Å². The zero-order valence-corrected chi connectivity index (χ0v) is 18.1. The van der Waals surface area contributed by atoms with E-state index < -0.39 is 29.2 Å². The molecule has 1 saturated heterocycles. The molecule has 1 aliphatic heterocycles. The van der Waals surface area contributed by atoms with E-state index in [1.807, 2.05) is 6.92 Å². The number of anilines is 1. The number of nitrogens with one attached hydrogen (secondary N) is 2. The van der Waals surface area contributed by atoms with Crippen LogP contribution in [0.1, 0.15) is 44.0 Å². The highest BCUT2D eigenvalue weighted by molar-refractivity contribution is 7.15. The van der Waals surface area contributed by atoms with Crippen molar-refractivity contribution < 1.29 is 45.8 Å². The van der Waals surface area contributed by atoms with Gasteiger partial charge in [0.1, 0.15) is 5.78 Å². The molecular weight excluding hydrogens is 482 g/mol. The van der Waals surface area contributed by atoms with Gasteiger partial charge in [-0.05, 0) is 37.8 Å². The minimum atomic E-state index is -5.08. The lowest BCUT2D eigenvalue weighted by atomic mass is 9.92. The number of amides is 1. The van der Waals surface area contributed by atoms with Gasteiger partial charge in [0, 0.05) is 6.42 Å². The number of carbonyl (C=O) groups excluding carboxylic acids is 2. The summed E-state index contributed by atoms with van der Waals surface area (Å²) < 4.78 is 69.1. The molecule has 0 saturated carbocycles. The van der Waals surface area contributed by atoms with Crippen LogP contribution in [0.3, 0.4) is 0 Å². The Kier molecular flexibility index (Phi) is 10.9. The smallest absolute Gasteiger partial charge is 0.475 e. The number of carbonyl (C=O) groups is 3. The van der Waals surface area contributed by atoms with Gasteiger partial charge in [0.25, 0.3) is 0 Å². The van der Waals surface area contributed by atoms with Crippen molar-refractivity contribution in [3.05, 3.63) is 17.2 Å². The van der Waals surface area contributed by atoms with Crippen molar-refractivity contribution in [3.63, 3.8) is 0 Å². The molecule has 186 valence electrons. The molecule has 0 radical (unpaired) electrons. The average Bonchev–Trinajstić information content (AvgIpc) is 3.20. The van der Waals surface area contributed by atoms with Crippen LogP contribution in [-0.2, 0) is 20.6 Å². The molecule has 2 heterocycles. The number of carboxylic acid groups (broad SMARTS) is 1. The summed E-state index contributed by atoms with van der Waals surface area (Å²) in [6.07, 6.45) is -2.89. The largest absolute Gasteiger partial charge is 0.490 e. The van der Waals surface area contributed by atoms with Crippen molar-refractivity contribution in [3.8, 4) is 0 Å². The number of nitrogens with zero attached hydrogens (tertiary/aromatic N) is 2. The number of aliphatic carboxylic acids is 1. The molecule has 33 heavy (non-hydrogen) atoms. The Bertz CT molecular complexity index is 835. The Hall–Kier alpha value is -2.55. The summed E-state index contributed by atoms with van der Waals surface area (Å²) in [5.74, 6) is -3.33. The predicted octanol–water partition coefficient (Wildman–Crippen LogP) is 3.81. The summed E-state index contributed by atoms with van der Waals surface area (Å²) >= 11 is 0.262. The van der Waals surface area contributed by atoms with Gasteiger partial charge >= 0.3 is 18.3 Å². The van der Waals surface area contributed by atoms with E-state index in [9.17, 15) is 35.9 Å². The molecule has 0 aromatic carbocycles. The highest BCUT2D eigenvalue weighted by Gasteiger charge is 2.38. The third kappa shape index (κ3) is 10.7. The molecule has 2 atom stereocenters. The second kappa shape index (κ2) is 12.6. The molecule has 1 aromatic rings. The lowest BCUT2D eigenvalue weighted by Gasteiger charge is -2.23. The summed E-state index contributed by atoms with van der Waals surface area (Å²) in [4.78, 5) is 33.0. The molecule has 8 nitrogen and oxygen atoms in total. The van der Waals surface area contributed by atoms with Crippen molar-refractivity contribution in [1.82, 2.24) is 15.5 Å². The zero-order chi connectivity index (χ0) is 25.2. The van der Waals surface area contributed by atoms with Gasteiger partial charge in [-0.25, -0.2) is 4.79 Å². The van der Waals surface area contributed by atoms with Gasteiger partial charge in [-0.15, -0.1) is 10.2 Å². The Balaban J connectivity index is 0.000000675. The van der Waals surface area contributed by atoms with Crippen LogP contribution < -0.4 is 10.6 Å². The van der Waals surface area contributed by atoms with E-state index in [4.69, 9.17) is 9.90 Å². The first-order chi connectivity index (χ1) is 15.2. The number of rotatable bonds is 7. The van der Waals surface area contributed by atoms with Crippen LogP contribution in [0, 0.1) is 5.92 Å². The van der Waals surface area contributed by atoms with E-state index in [-0.39, 0.29) is 34.2 Å². The summed E-state index contributed by atoms with van der Waals surface area (Å²) in [5, 5.41) is 17.5. The molecule has 2 rings (SSSR count). The van der Waals surface area contributed by atoms with Crippen LogP contribution in [0.15, 0.2) is 12.2 Å². The molecule has 0 spiro atoms. The van der Waals surface area contributed by atoms with Crippen LogP contribution in [0.5, 0.6) is 0 Å². The lowest BCUT2D eigenvalue weighted by Crippen LogP contribution is -2.40. The molecule has 0 aliphatic carbocycles. The highest BCUT2D eigenvalue weighted by Crippen LogP contribution is 2.33. The summed E-state index contributed by atoms with van der Waals surface area (Å²) in [7, 11) is 0. The van der Waals surface area contributed by atoms with Crippen LogP contribution >= 0.6 is 11.3 Å². The second-order valence-electron chi connectivity index (χ2n) is 6.90. The predicted molar refractivity (Wildman–Crippen MR) is 105 cm³/mol. The fraction of sp³-hybridized carbons (Fsp3) is 0.611. The van der Waals surface area contributed by atoms with E-state index in [2.05, 4.69) is 20.8 Å². The zero-order valence-electron chi connectivity index (χ0n) is 17.3. The van der Waals surface area contributed by atoms with Gasteiger partial charge in [0.15, 0.2) is 0 Å². The number of hydrogen-bond acceptors (Lipinski definition) is 7. The monoisotopic (exact) mass is 504 g/mol. The molecule has 1 aromatic heterocycles. The number of piperidine rings is 1. The van der Waals surface area contributed by atoms with Crippen molar-refractivity contribution in [2.24, 2.45) is 5.92 Å². The Morgan fingerprint density at radius 2 is 1.85 bits per heavy atom. The van der Waals surface area contributed by atoms with E-state index in [1.165, 1.54) is 6.08 Å². The normalized spacial score (nSPS) is 17.7. The minimum absolute atomic E-state index is 0.0999. The maximum atomic E-state index is 12.5. The highest BCUT2D eigenvalue weighted by atomic mass is 32.1. The summed E-state index contributed by atoms with van der Waals surface area (Å²) in [6, 6.07) is -0.123. The van der Waals surface area contributed by atoms with Gasteiger partial charge in [-0.2, -0.15) is 26.3 Å². The second-order valence-corrected chi connectivity index (χ2v) is 7.88. The van der Waals surface area contributed by atoms with Crippen molar-refractivity contribution >= 4 is 34.1 Å². The minimum Gasteiger partial charge on any atom is -0.475 e. The molecule has 0 bridgehead atoms. The molecular formula is C18H22F6N4O4S. The quantitative estimate of drug-likeness (QED) is 0.381. The lowest BCUT2D eigenvalue weighted by molar-refractivity contribution is -0.192. The number of alkyl halides is 6. The van der Waals surface area contributed by atoms with E-state index in [0.717, 1.165) is 25.8 Å². The first-order valence-corrected chi connectivity index (χ1v) is 10.5. The summed E-state index contributed by atoms with van der Waals surface area (Å²) in [5.41, 5.74) is 0. The topological polar surface area (TPSA) is 121 Å². The number of Topliss-reactive ketones (excluding diaryl/α,β-unsaturated/α-hetero) is 1. The maximum absolute atomic E-state index is 12.5. The Morgan fingerprint density at radius 3 is 2.30 bits per heavy atom. The molecule has 15 heteroatoms. The molecule has 1 amide bonds. The Labute approximate surface area is 188 Å². The number of hydrogen-bond donors (Lipinski definition) is 3. The van der Waals surface area contributed by atoms with Gasteiger partial charge in [-0.3, -0.25) is 14.9 Å². The first kappa shape index (κ1) is 28.5.